The predicted molar refractivity (Wildman–Crippen MR) is 148 cm³/mol. The highest BCUT2D eigenvalue weighted by atomic mass is 31.2. The molecule has 0 saturated carbocycles. The lowest BCUT2D eigenvalue weighted by atomic mass is 10.0. The van der Waals surface area contributed by atoms with Gasteiger partial charge in [0.25, 0.3) is 0 Å². The largest absolute Gasteiger partial charge is 0.472 e. The Bertz CT molecular complexity index is 613. The molecule has 1 rings (SSSR count). The molecule has 2 atom stereocenters. The van der Waals surface area contributed by atoms with Gasteiger partial charge in [0.15, 0.2) is 0 Å². The van der Waals surface area contributed by atoms with Crippen LogP contribution < -0.4 is 0 Å². The van der Waals surface area contributed by atoms with Crippen molar-refractivity contribution in [3.63, 3.8) is 0 Å². The Morgan fingerprint density at radius 3 is 1.84 bits per heavy atom. The van der Waals surface area contributed by atoms with Crippen molar-refractivity contribution in [1.29, 1.82) is 0 Å². The number of ether oxygens (including phenoxy) is 2. The van der Waals surface area contributed by atoms with E-state index in [1.165, 1.54) is 96.8 Å². The van der Waals surface area contributed by atoms with Crippen LogP contribution in [0.4, 0.5) is 0 Å². The third-order valence-electron chi connectivity index (χ3n) is 7.23. The Hall–Kier alpha value is -0.500. The number of likely N-dealkylation sites (N-methyl/N-ethyl adjacent to an activating group) is 1. The highest BCUT2D eigenvalue weighted by Gasteiger charge is 2.29. The van der Waals surface area contributed by atoms with Gasteiger partial charge in [-0.3, -0.25) is 13.8 Å². The van der Waals surface area contributed by atoms with E-state index in [4.69, 9.17) is 18.5 Å². The van der Waals surface area contributed by atoms with Crippen molar-refractivity contribution in [2.45, 2.75) is 123 Å². The van der Waals surface area contributed by atoms with Gasteiger partial charge in [0.05, 0.1) is 33.4 Å². The molecule has 0 aliphatic carbocycles. The molecule has 37 heavy (non-hydrogen) atoms. The van der Waals surface area contributed by atoms with E-state index in [0.717, 1.165) is 30.4 Å². The van der Waals surface area contributed by atoms with Gasteiger partial charge in [0.1, 0.15) is 19.3 Å². The van der Waals surface area contributed by atoms with Crippen molar-refractivity contribution in [3.05, 3.63) is 0 Å². The van der Waals surface area contributed by atoms with Gasteiger partial charge < -0.3 is 18.9 Å². The van der Waals surface area contributed by atoms with Crippen LogP contribution in [-0.4, -0.2) is 74.6 Å². The zero-order chi connectivity index (χ0) is 27.2. The van der Waals surface area contributed by atoms with E-state index in [1.807, 2.05) is 0 Å². The van der Waals surface area contributed by atoms with Crippen molar-refractivity contribution in [2.24, 2.45) is 0 Å². The average Bonchev–Trinajstić information content (AvgIpc) is 3.28. The topological polar surface area (TPSA) is 91.3 Å². The lowest BCUT2D eigenvalue weighted by Gasteiger charge is -2.29. The van der Waals surface area contributed by atoms with E-state index >= 15 is 0 Å². The van der Waals surface area contributed by atoms with Gasteiger partial charge in [-0.15, -0.1) is 0 Å². The van der Waals surface area contributed by atoms with Crippen LogP contribution in [0.5, 0.6) is 0 Å². The second kappa shape index (κ2) is 21.3. The molecule has 1 N–H and O–H groups in total. The SMILES string of the molecule is CCCCCCCCCCCCCCCCOC[C@H](COP(=O)(O)OCC[N+]1(C)CCCC1)OC(C)=O. The quantitative estimate of drug-likeness (QED) is 0.0579. The molecule has 1 saturated heterocycles. The summed E-state index contributed by atoms with van der Waals surface area (Å²) in [5.41, 5.74) is 0. The number of nitrogens with zero attached hydrogens (tertiary/aromatic N) is 1. The third kappa shape index (κ3) is 20.1. The molecule has 0 spiro atoms. The minimum absolute atomic E-state index is 0.132. The van der Waals surface area contributed by atoms with Crippen molar-refractivity contribution < 1.29 is 37.3 Å². The molecule has 0 aromatic carbocycles. The Balaban J connectivity index is 2.04. The normalized spacial score (nSPS) is 17.5. The number of likely N-dealkylation sites (tertiary alicyclic amines) is 1. The molecule has 0 amide bonds. The number of hydrogen-bond donors (Lipinski definition) is 1. The second-order valence-electron chi connectivity index (χ2n) is 11.0. The number of hydrogen-bond acceptors (Lipinski definition) is 6. The van der Waals surface area contributed by atoms with E-state index in [0.29, 0.717) is 13.2 Å². The number of phosphoric ester groups is 1. The molecule has 0 radical (unpaired) electrons. The standard InChI is InChI=1S/C28H56NO7P/c1-4-5-6-7-8-9-10-11-12-13-14-15-16-19-23-33-25-28(36-27(2)30)26-35-37(31,32)34-24-22-29(3)20-17-18-21-29/h28H,4-26H2,1-3H3/p+1/t28-/m1/s1. The highest BCUT2D eigenvalue weighted by molar-refractivity contribution is 7.47. The zero-order valence-electron chi connectivity index (χ0n) is 24.1. The molecular weight excluding hydrogens is 493 g/mol. The van der Waals surface area contributed by atoms with E-state index in [9.17, 15) is 14.3 Å². The number of carbonyl (C=O) groups excluding carboxylic acids is 1. The fraction of sp³-hybridized carbons (Fsp3) is 0.964. The van der Waals surface area contributed by atoms with Gasteiger partial charge in [-0.1, -0.05) is 90.4 Å². The maximum Gasteiger partial charge on any atom is 0.472 e. The zero-order valence-corrected chi connectivity index (χ0v) is 25.0. The van der Waals surface area contributed by atoms with Crippen LogP contribution in [0.15, 0.2) is 0 Å². The summed E-state index contributed by atoms with van der Waals surface area (Å²) in [5, 5.41) is 0. The Morgan fingerprint density at radius 2 is 1.32 bits per heavy atom. The number of esters is 1. The summed E-state index contributed by atoms with van der Waals surface area (Å²) < 4.78 is 34.2. The minimum Gasteiger partial charge on any atom is -0.458 e. The first-order valence-corrected chi connectivity index (χ1v) is 16.5. The number of unbranched alkanes of at least 4 members (excludes halogenated alkanes) is 13. The third-order valence-corrected chi connectivity index (χ3v) is 8.22. The first kappa shape index (κ1) is 34.5. The van der Waals surface area contributed by atoms with Gasteiger partial charge in [0, 0.05) is 26.4 Å². The average molecular weight is 551 g/mol. The molecule has 8 nitrogen and oxygen atoms in total. The van der Waals surface area contributed by atoms with Crippen LogP contribution in [0, 0.1) is 0 Å². The van der Waals surface area contributed by atoms with Gasteiger partial charge in [-0.2, -0.15) is 0 Å². The van der Waals surface area contributed by atoms with Crippen molar-refractivity contribution >= 4 is 13.8 Å². The molecule has 1 aliphatic rings. The molecule has 1 heterocycles. The summed E-state index contributed by atoms with van der Waals surface area (Å²) >= 11 is 0. The van der Waals surface area contributed by atoms with Gasteiger partial charge in [-0.25, -0.2) is 4.57 Å². The summed E-state index contributed by atoms with van der Waals surface area (Å²) in [6, 6.07) is 0. The van der Waals surface area contributed by atoms with Gasteiger partial charge in [0.2, 0.25) is 0 Å². The highest BCUT2D eigenvalue weighted by Crippen LogP contribution is 2.43. The van der Waals surface area contributed by atoms with Gasteiger partial charge >= 0.3 is 13.8 Å². The summed E-state index contributed by atoms with van der Waals surface area (Å²) in [4.78, 5) is 21.4. The van der Waals surface area contributed by atoms with E-state index in [2.05, 4.69) is 14.0 Å². The molecule has 1 unspecified atom stereocenters. The predicted octanol–water partition coefficient (Wildman–Crippen LogP) is 6.79. The van der Waals surface area contributed by atoms with Crippen molar-refractivity contribution in [1.82, 2.24) is 0 Å². The Morgan fingerprint density at radius 1 is 0.811 bits per heavy atom. The van der Waals surface area contributed by atoms with Crippen LogP contribution in [0.2, 0.25) is 0 Å². The maximum atomic E-state index is 12.2. The van der Waals surface area contributed by atoms with Crippen LogP contribution in [0.1, 0.15) is 117 Å². The first-order chi connectivity index (χ1) is 17.8. The first-order valence-electron chi connectivity index (χ1n) is 15.0. The van der Waals surface area contributed by atoms with E-state index < -0.39 is 19.9 Å². The van der Waals surface area contributed by atoms with Crippen LogP contribution in [0.3, 0.4) is 0 Å². The second-order valence-corrected chi connectivity index (χ2v) is 12.5. The molecular formula is C28H57NO7P+. The lowest BCUT2D eigenvalue weighted by Crippen LogP contribution is -2.43. The van der Waals surface area contributed by atoms with Crippen LogP contribution >= 0.6 is 7.82 Å². The minimum atomic E-state index is -4.21. The smallest absolute Gasteiger partial charge is 0.458 e. The molecule has 0 bridgehead atoms. The van der Waals surface area contributed by atoms with Crippen molar-refractivity contribution in [3.8, 4) is 0 Å². The number of rotatable bonds is 25. The molecule has 9 heteroatoms. The van der Waals surface area contributed by atoms with Gasteiger partial charge in [-0.05, 0) is 6.42 Å². The van der Waals surface area contributed by atoms with Crippen molar-refractivity contribution in [2.75, 3.05) is 53.1 Å². The Kier molecular flexibility index (Phi) is 19.9. The fourth-order valence-electron chi connectivity index (χ4n) is 4.88. The molecule has 0 aromatic rings. The number of quaternary nitrogens is 1. The fourth-order valence-corrected chi connectivity index (χ4v) is 5.62. The van der Waals surface area contributed by atoms with E-state index in [1.54, 1.807) is 0 Å². The Labute approximate surface area is 227 Å². The molecule has 1 aliphatic heterocycles. The number of phosphoric acid groups is 1. The molecule has 220 valence electrons. The van der Waals surface area contributed by atoms with E-state index in [-0.39, 0.29) is 19.8 Å². The summed E-state index contributed by atoms with van der Waals surface area (Å²) in [5.74, 6) is -0.478. The summed E-state index contributed by atoms with van der Waals surface area (Å²) in [7, 11) is -2.08. The molecule has 0 aromatic heterocycles. The summed E-state index contributed by atoms with van der Waals surface area (Å²) in [6.45, 7) is 6.97. The molecule has 1 fully saturated rings. The lowest BCUT2D eigenvalue weighted by molar-refractivity contribution is -0.897. The van der Waals surface area contributed by atoms with Crippen LogP contribution in [-0.2, 0) is 27.9 Å². The van der Waals surface area contributed by atoms with Crippen LogP contribution in [0.25, 0.3) is 0 Å². The maximum absolute atomic E-state index is 12.2. The summed E-state index contributed by atoms with van der Waals surface area (Å²) in [6.07, 6.45) is 19.8. The number of carbonyl (C=O) groups is 1. The monoisotopic (exact) mass is 550 g/mol.